The number of carbonyl (C=O) groups is 1. The standard InChI is InChI=1S/C10H8N2O3S2/c13-9(11-5-6-17-10(11)16)7-1-3-8(4-2-7)12(14)15/h1-4H,5-6H2. The molecular weight excluding hydrogens is 260 g/mol. The maximum atomic E-state index is 12.0. The summed E-state index contributed by atoms with van der Waals surface area (Å²) >= 11 is 6.51. The van der Waals surface area contributed by atoms with Gasteiger partial charge in [-0.3, -0.25) is 19.8 Å². The summed E-state index contributed by atoms with van der Waals surface area (Å²) in [7, 11) is 0. The Kier molecular flexibility index (Phi) is 3.39. The van der Waals surface area contributed by atoms with Crippen LogP contribution in [0.3, 0.4) is 0 Å². The first-order valence-corrected chi connectivity index (χ1v) is 6.22. The molecule has 0 bridgehead atoms. The van der Waals surface area contributed by atoms with E-state index in [0.717, 1.165) is 5.75 Å². The number of nitro groups is 1. The van der Waals surface area contributed by atoms with E-state index in [1.807, 2.05) is 0 Å². The van der Waals surface area contributed by atoms with Gasteiger partial charge in [0.1, 0.15) is 4.32 Å². The fraction of sp³-hybridized carbons (Fsp3) is 0.200. The number of nitrogens with zero attached hydrogens (tertiary/aromatic N) is 2. The second-order valence-corrected chi connectivity index (χ2v) is 5.10. The third-order valence-corrected chi connectivity index (χ3v) is 3.76. The van der Waals surface area contributed by atoms with Crippen LogP contribution in [0.25, 0.3) is 0 Å². The SMILES string of the molecule is O=C(c1ccc([N+](=O)[O-])cc1)N1CCSC1=S. The van der Waals surface area contributed by atoms with E-state index in [0.29, 0.717) is 16.4 Å². The summed E-state index contributed by atoms with van der Waals surface area (Å²) in [5.41, 5.74) is 0.389. The average molecular weight is 268 g/mol. The van der Waals surface area contributed by atoms with E-state index in [4.69, 9.17) is 12.2 Å². The van der Waals surface area contributed by atoms with Crippen LogP contribution in [0.1, 0.15) is 10.4 Å². The topological polar surface area (TPSA) is 63.4 Å². The van der Waals surface area contributed by atoms with E-state index in [9.17, 15) is 14.9 Å². The van der Waals surface area contributed by atoms with Crippen molar-refractivity contribution in [2.24, 2.45) is 0 Å². The third kappa shape index (κ3) is 2.45. The van der Waals surface area contributed by atoms with Crippen LogP contribution in [0, 0.1) is 10.1 Å². The molecule has 0 N–H and O–H groups in total. The number of hydrogen-bond donors (Lipinski definition) is 0. The summed E-state index contributed by atoms with van der Waals surface area (Å²) in [6.07, 6.45) is 0. The first-order valence-electron chi connectivity index (χ1n) is 4.82. The number of thiocarbonyl (C=S) groups is 1. The van der Waals surface area contributed by atoms with Gasteiger partial charge in [0.15, 0.2) is 0 Å². The molecule has 0 radical (unpaired) electrons. The Morgan fingerprint density at radius 2 is 2.06 bits per heavy atom. The van der Waals surface area contributed by atoms with Crippen LogP contribution in [-0.2, 0) is 0 Å². The van der Waals surface area contributed by atoms with Crippen molar-refractivity contribution in [1.29, 1.82) is 0 Å². The molecule has 1 aromatic carbocycles. The zero-order chi connectivity index (χ0) is 12.4. The highest BCUT2D eigenvalue weighted by Crippen LogP contribution is 2.21. The Bertz CT molecular complexity index is 487. The third-order valence-electron chi connectivity index (χ3n) is 2.33. The monoisotopic (exact) mass is 268 g/mol. The molecular formula is C10H8N2O3S2. The molecule has 1 saturated heterocycles. The van der Waals surface area contributed by atoms with E-state index >= 15 is 0 Å². The normalized spacial score (nSPS) is 15.1. The van der Waals surface area contributed by atoms with Gasteiger partial charge in [-0.2, -0.15) is 0 Å². The van der Waals surface area contributed by atoms with Gasteiger partial charge in [0.25, 0.3) is 11.6 Å². The Balaban J connectivity index is 2.20. The number of amides is 1. The Morgan fingerprint density at radius 3 is 2.53 bits per heavy atom. The zero-order valence-electron chi connectivity index (χ0n) is 8.66. The molecule has 1 aliphatic rings. The first kappa shape index (κ1) is 12.0. The first-order chi connectivity index (χ1) is 8.09. The van der Waals surface area contributed by atoms with Crippen LogP contribution >= 0.6 is 24.0 Å². The molecule has 1 aromatic rings. The lowest BCUT2D eigenvalue weighted by Crippen LogP contribution is -2.30. The molecule has 0 atom stereocenters. The fourth-order valence-electron chi connectivity index (χ4n) is 1.46. The van der Waals surface area contributed by atoms with Crippen LogP contribution in [0.15, 0.2) is 24.3 Å². The molecule has 17 heavy (non-hydrogen) atoms. The summed E-state index contributed by atoms with van der Waals surface area (Å²) in [5.74, 6) is 0.604. The number of non-ortho nitro benzene ring substituents is 1. The van der Waals surface area contributed by atoms with Crippen molar-refractivity contribution < 1.29 is 9.72 Å². The van der Waals surface area contributed by atoms with Crippen LogP contribution in [-0.4, -0.2) is 32.3 Å². The number of nitro benzene ring substituents is 1. The largest absolute Gasteiger partial charge is 0.293 e. The predicted octanol–water partition coefficient (Wildman–Crippen LogP) is 2.07. The Morgan fingerprint density at radius 1 is 1.41 bits per heavy atom. The Labute approximate surface area is 107 Å². The second kappa shape index (κ2) is 4.80. The lowest BCUT2D eigenvalue weighted by Gasteiger charge is -2.14. The quantitative estimate of drug-likeness (QED) is 0.467. The van der Waals surface area contributed by atoms with E-state index in [1.165, 1.54) is 40.9 Å². The number of benzene rings is 1. The van der Waals surface area contributed by atoms with Gasteiger partial charge >= 0.3 is 0 Å². The van der Waals surface area contributed by atoms with Gasteiger partial charge in [-0.1, -0.05) is 24.0 Å². The van der Waals surface area contributed by atoms with Gasteiger partial charge < -0.3 is 0 Å². The highest BCUT2D eigenvalue weighted by atomic mass is 32.2. The van der Waals surface area contributed by atoms with Gasteiger partial charge in [0.05, 0.1) is 4.92 Å². The Hall–Kier alpha value is -1.47. The summed E-state index contributed by atoms with van der Waals surface area (Å²) in [4.78, 5) is 23.5. The van der Waals surface area contributed by atoms with Crippen molar-refractivity contribution in [3.63, 3.8) is 0 Å². The van der Waals surface area contributed by atoms with Crippen molar-refractivity contribution >= 4 is 39.9 Å². The van der Waals surface area contributed by atoms with Crippen LogP contribution in [0.4, 0.5) is 5.69 Å². The molecule has 7 heteroatoms. The summed E-state index contributed by atoms with van der Waals surface area (Å²) in [6, 6.07) is 5.54. The highest BCUT2D eigenvalue weighted by molar-refractivity contribution is 8.23. The van der Waals surface area contributed by atoms with Gasteiger partial charge in [-0.05, 0) is 12.1 Å². The van der Waals surface area contributed by atoms with Gasteiger partial charge in [-0.15, -0.1) is 0 Å². The maximum Gasteiger partial charge on any atom is 0.269 e. The number of rotatable bonds is 2. The van der Waals surface area contributed by atoms with Crippen molar-refractivity contribution in [3.8, 4) is 0 Å². The molecule has 2 rings (SSSR count). The second-order valence-electron chi connectivity index (χ2n) is 3.38. The summed E-state index contributed by atoms with van der Waals surface area (Å²) < 4.78 is 0.563. The smallest absolute Gasteiger partial charge is 0.269 e. The van der Waals surface area contributed by atoms with Gasteiger partial charge in [0, 0.05) is 30.0 Å². The fourth-order valence-corrected chi connectivity index (χ4v) is 2.66. The van der Waals surface area contributed by atoms with E-state index < -0.39 is 4.92 Å². The van der Waals surface area contributed by atoms with Gasteiger partial charge in [0.2, 0.25) is 0 Å². The molecule has 88 valence electrons. The molecule has 1 amide bonds. The van der Waals surface area contributed by atoms with Crippen LogP contribution in [0.2, 0.25) is 0 Å². The lowest BCUT2D eigenvalue weighted by molar-refractivity contribution is -0.384. The van der Waals surface area contributed by atoms with Crippen LogP contribution in [0.5, 0.6) is 0 Å². The summed E-state index contributed by atoms with van der Waals surface area (Å²) in [6.45, 7) is 0.597. The lowest BCUT2D eigenvalue weighted by atomic mass is 10.2. The summed E-state index contributed by atoms with van der Waals surface area (Å²) in [5, 5.41) is 10.5. The van der Waals surface area contributed by atoms with Gasteiger partial charge in [-0.25, -0.2) is 0 Å². The number of carbonyl (C=O) groups excluding carboxylic acids is 1. The molecule has 0 saturated carbocycles. The molecule has 1 heterocycles. The van der Waals surface area contributed by atoms with E-state index in [2.05, 4.69) is 0 Å². The van der Waals surface area contributed by atoms with Crippen molar-refractivity contribution in [3.05, 3.63) is 39.9 Å². The minimum atomic E-state index is -0.495. The van der Waals surface area contributed by atoms with Crippen molar-refractivity contribution in [2.45, 2.75) is 0 Å². The highest BCUT2D eigenvalue weighted by Gasteiger charge is 2.25. The minimum absolute atomic E-state index is 0.0278. The molecule has 0 aromatic heterocycles. The number of thioether (sulfide) groups is 1. The molecule has 0 unspecified atom stereocenters. The number of hydrogen-bond acceptors (Lipinski definition) is 5. The average Bonchev–Trinajstić information content (AvgIpc) is 2.74. The van der Waals surface area contributed by atoms with Crippen molar-refractivity contribution in [2.75, 3.05) is 12.3 Å². The van der Waals surface area contributed by atoms with E-state index in [1.54, 1.807) is 0 Å². The molecule has 0 aliphatic carbocycles. The van der Waals surface area contributed by atoms with Crippen LogP contribution < -0.4 is 0 Å². The van der Waals surface area contributed by atoms with Crippen molar-refractivity contribution in [1.82, 2.24) is 4.90 Å². The predicted molar refractivity (Wildman–Crippen MR) is 69.2 cm³/mol. The molecule has 1 aliphatic heterocycles. The maximum absolute atomic E-state index is 12.0. The molecule has 0 spiro atoms. The molecule has 1 fully saturated rings. The zero-order valence-corrected chi connectivity index (χ0v) is 10.3. The van der Waals surface area contributed by atoms with E-state index in [-0.39, 0.29) is 11.6 Å². The minimum Gasteiger partial charge on any atom is -0.293 e. The molecule has 5 nitrogen and oxygen atoms in total.